The lowest BCUT2D eigenvalue weighted by atomic mass is 10.1. The molecule has 6 nitrogen and oxygen atoms in total. The molecule has 0 spiro atoms. The molecule has 96 valence electrons. The van der Waals surface area contributed by atoms with Gasteiger partial charge in [-0.15, -0.1) is 0 Å². The van der Waals surface area contributed by atoms with E-state index in [0.29, 0.717) is 18.3 Å². The van der Waals surface area contributed by atoms with Crippen molar-refractivity contribution in [2.75, 3.05) is 19.5 Å². The highest BCUT2D eigenvalue weighted by molar-refractivity contribution is 5.76. The average molecular weight is 240 g/mol. The van der Waals surface area contributed by atoms with Crippen molar-refractivity contribution in [3.05, 3.63) is 12.3 Å². The minimum absolute atomic E-state index is 0.0143. The highest BCUT2D eigenvalue weighted by atomic mass is 16.5. The molecule has 0 aromatic carbocycles. The minimum atomic E-state index is -0.0937. The molecule has 0 fully saturated rings. The molecule has 0 aliphatic heterocycles. The Bertz CT molecular complexity index is 362. The van der Waals surface area contributed by atoms with Gasteiger partial charge in [0.05, 0.1) is 12.6 Å². The number of methoxy groups -OCH3 is 1. The van der Waals surface area contributed by atoms with Gasteiger partial charge in [-0.2, -0.15) is 5.10 Å². The highest BCUT2D eigenvalue weighted by Crippen LogP contribution is 2.02. The van der Waals surface area contributed by atoms with Crippen LogP contribution in [0.1, 0.15) is 13.8 Å². The quantitative estimate of drug-likeness (QED) is 0.747. The summed E-state index contributed by atoms with van der Waals surface area (Å²) in [7, 11) is 1.62. The molecule has 1 atom stereocenters. The molecule has 1 rings (SSSR count). The van der Waals surface area contributed by atoms with E-state index in [1.165, 1.54) is 4.68 Å². The topological polar surface area (TPSA) is 82.2 Å². The molecule has 0 saturated carbocycles. The van der Waals surface area contributed by atoms with Crippen LogP contribution in [0.5, 0.6) is 0 Å². The van der Waals surface area contributed by atoms with Crippen molar-refractivity contribution in [1.29, 1.82) is 0 Å². The summed E-state index contributed by atoms with van der Waals surface area (Å²) in [6.07, 6.45) is 1.68. The van der Waals surface area contributed by atoms with Gasteiger partial charge in [0.25, 0.3) is 0 Å². The van der Waals surface area contributed by atoms with Crippen molar-refractivity contribution in [3.8, 4) is 0 Å². The fourth-order valence-electron chi connectivity index (χ4n) is 1.45. The molecule has 0 aliphatic carbocycles. The van der Waals surface area contributed by atoms with E-state index < -0.39 is 0 Å². The lowest BCUT2D eigenvalue weighted by Crippen LogP contribution is -2.43. The predicted molar refractivity (Wildman–Crippen MR) is 65.3 cm³/mol. The summed E-state index contributed by atoms with van der Waals surface area (Å²) >= 11 is 0. The minimum Gasteiger partial charge on any atom is -0.383 e. The number of rotatable bonds is 6. The van der Waals surface area contributed by atoms with E-state index in [4.69, 9.17) is 10.5 Å². The summed E-state index contributed by atoms with van der Waals surface area (Å²) in [6.45, 7) is 4.75. The van der Waals surface area contributed by atoms with Crippen LogP contribution in [0, 0.1) is 5.92 Å². The maximum Gasteiger partial charge on any atom is 0.242 e. The SMILES string of the molecule is COCC(NC(=O)Cn1ccc(N)n1)C(C)C. The first kappa shape index (κ1) is 13.5. The third-order valence-corrected chi connectivity index (χ3v) is 2.46. The molecule has 1 heterocycles. The number of ether oxygens (including phenoxy) is 1. The van der Waals surface area contributed by atoms with E-state index in [1.54, 1.807) is 19.4 Å². The zero-order valence-electron chi connectivity index (χ0n) is 10.5. The van der Waals surface area contributed by atoms with Crippen molar-refractivity contribution in [1.82, 2.24) is 15.1 Å². The van der Waals surface area contributed by atoms with Crippen molar-refractivity contribution in [2.24, 2.45) is 5.92 Å². The number of carbonyl (C=O) groups excluding carboxylic acids is 1. The molecular formula is C11H20N4O2. The van der Waals surface area contributed by atoms with E-state index in [9.17, 15) is 4.79 Å². The van der Waals surface area contributed by atoms with Crippen LogP contribution in [0.4, 0.5) is 5.82 Å². The van der Waals surface area contributed by atoms with Gasteiger partial charge in [-0.05, 0) is 12.0 Å². The summed E-state index contributed by atoms with van der Waals surface area (Å²) in [5.41, 5.74) is 5.47. The molecule has 1 amide bonds. The van der Waals surface area contributed by atoms with Gasteiger partial charge in [0, 0.05) is 13.3 Å². The van der Waals surface area contributed by atoms with E-state index in [1.807, 2.05) is 13.8 Å². The second-order valence-electron chi connectivity index (χ2n) is 4.31. The van der Waals surface area contributed by atoms with Crippen molar-refractivity contribution >= 4 is 11.7 Å². The number of hydrogen-bond acceptors (Lipinski definition) is 4. The zero-order chi connectivity index (χ0) is 12.8. The van der Waals surface area contributed by atoms with Gasteiger partial charge in [0.1, 0.15) is 12.4 Å². The summed E-state index contributed by atoms with van der Waals surface area (Å²) in [5.74, 6) is 0.639. The van der Waals surface area contributed by atoms with Crippen LogP contribution in [0.15, 0.2) is 12.3 Å². The molecule has 1 aromatic heterocycles. The number of nitrogens with one attached hydrogen (secondary N) is 1. The molecule has 3 N–H and O–H groups in total. The maximum atomic E-state index is 11.7. The Kier molecular flexibility index (Phi) is 4.96. The first-order chi connectivity index (χ1) is 8.02. The van der Waals surface area contributed by atoms with Crippen LogP contribution in [-0.2, 0) is 16.1 Å². The van der Waals surface area contributed by atoms with Gasteiger partial charge in [0.2, 0.25) is 5.91 Å². The largest absolute Gasteiger partial charge is 0.383 e. The van der Waals surface area contributed by atoms with Gasteiger partial charge in [-0.3, -0.25) is 9.48 Å². The standard InChI is InChI=1S/C11H20N4O2/c1-8(2)9(7-17-3)13-11(16)6-15-5-4-10(12)14-15/h4-5,8-9H,6-7H2,1-3H3,(H2,12,14)(H,13,16). The van der Waals surface area contributed by atoms with E-state index in [-0.39, 0.29) is 18.5 Å². The summed E-state index contributed by atoms with van der Waals surface area (Å²) in [4.78, 5) is 11.7. The van der Waals surface area contributed by atoms with Crippen LogP contribution in [0.3, 0.4) is 0 Å². The average Bonchev–Trinajstić information content (AvgIpc) is 2.63. The van der Waals surface area contributed by atoms with Crippen LogP contribution in [0.25, 0.3) is 0 Å². The Hall–Kier alpha value is -1.56. The van der Waals surface area contributed by atoms with Gasteiger partial charge < -0.3 is 15.8 Å². The van der Waals surface area contributed by atoms with E-state index in [0.717, 1.165) is 0 Å². The van der Waals surface area contributed by atoms with Gasteiger partial charge in [-0.1, -0.05) is 13.8 Å². The Balaban J connectivity index is 2.47. The molecule has 0 saturated heterocycles. The van der Waals surface area contributed by atoms with Crippen LogP contribution in [-0.4, -0.2) is 35.4 Å². The van der Waals surface area contributed by atoms with Crippen molar-refractivity contribution in [2.45, 2.75) is 26.4 Å². The lowest BCUT2D eigenvalue weighted by Gasteiger charge is -2.21. The second-order valence-corrected chi connectivity index (χ2v) is 4.31. The Morgan fingerprint density at radius 1 is 1.65 bits per heavy atom. The maximum absolute atomic E-state index is 11.7. The van der Waals surface area contributed by atoms with Gasteiger partial charge in [-0.25, -0.2) is 0 Å². The number of carbonyl (C=O) groups is 1. The van der Waals surface area contributed by atoms with Crippen LogP contribution >= 0.6 is 0 Å². The smallest absolute Gasteiger partial charge is 0.242 e. The molecule has 0 radical (unpaired) electrons. The summed E-state index contributed by atoms with van der Waals surface area (Å²) in [5, 5.41) is 6.86. The van der Waals surface area contributed by atoms with Crippen molar-refractivity contribution < 1.29 is 9.53 Å². The fraction of sp³-hybridized carbons (Fsp3) is 0.636. The molecule has 1 unspecified atom stereocenters. The summed E-state index contributed by atoms with van der Waals surface area (Å²) in [6, 6.07) is 1.67. The Labute approximate surface area is 101 Å². The second kappa shape index (κ2) is 6.24. The number of aromatic nitrogens is 2. The number of nitrogens with zero attached hydrogens (tertiary/aromatic N) is 2. The molecular weight excluding hydrogens is 220 g/mol. The van der Waals surface area contributed by atoms with Crippen LogP contribution < -0.4 is 11.1 Å². The molecule has 6 heteroatoms. The van der Waals surface area contributed by atoms with Crippen LogP contribution in [0.2, 0.25) is 0 Å². The number of nitrogens with two attached hydrogens (primary N) is 1. The van der Waals surface area contributed by atoms with Gasteiger partial charge >= 0.3 is 0 Å². The fourth-order valence-corrected chi connectivity index (χ4v) is 1.45. The number of nitrogen functional groups attached to an aromatic ring is 1. The number of amides is 1. The normalized spacial score (nSPS) is 12.7. The third kappa shape index (κ3) is 4.44. The van der Waals surface area contributed by atoms with E-state index in [2.05, 4.69) is 10.4 Å². The highest BCUT2D eigenvalue weighted by Gasteiger charge is 2.16. The van der Waals surface area contributed by atoms with Gasteiger partial charge in [0.15, 0.2) is 0 Å². The molecule has 0 aliphatic rings. The molecule has 1 aromatic rings. The Morgan fingerprint density at radius 3 is 2.82 bits per heavy atom. The molecule has 0 bridgehead atoms. The first-order valence-corrected chi connectivity index (χ1v) is 5.60. The predicted octanol–water partition coefficient (Wildman–Crippen LogP) is 0.252. The third-order valence-electron chi connectivity index (χ3n) is 2.46. The number of hydrogen-bond donors (Lipinski definition) is 2. The molecule has 17 heavy (non-hydrogen) atoms. The first-order valence-electron chi connectivity index (χ1n) is 5.60. The zero-order valence-corrected chi connectivity index (χ0v) is 10.5. The summed E-state index contributed by atoms with van der Waals surface area (Å²) < 4.78 is 6.57. The number of anilines is 1. The monoisotopic (exact) mass is 240 g/mol. The lowest BCUT2D eigenvalue weighted by molar-refractivity contribution is -0.123. The Morgan fingerprint density at radius 2 is 2.35 bits per heavy atom. The van der Waals surface area contributed by atoms with E-state index >= 15 is 0 Å². The van der Waals surface area contributed by atoms with Crippen molar-refractivity contribution in [3.63, 3.8) is 0 Å².